The molecule has 1 aliphatic rings. The molecule has 2 rings (SSSR count). The number of hydrogen-bond acceptors (Lipinski definition) is 2. The van der Waals surface area contributed by atoms with Gasteiger partial charge in [-0.25, -0.2) is 0 Å². The van der Waals surface area contributed by atoms with Crippen molar-refractivity contribution in [1.29, 1.82) is 0 Å². The van der Waals surface area contributed by atoms with Crippen LogP contribution in [0.1, 0.15) is 24.5 Å². The van der Waals surface area contributed by atoms with Crippen LogP contribution in [0.5, 0.6) is 0 Å². The van der Waals surface area contributed by atoms with Gasteiger partial charge in [0, 0.05) is 25.0 Å². The van der Waals surface area contributed by atoms with Gasteiger partial charge in [0.1, 0.15) is 0 Å². The number of benzene rings is 1. The standard InChI is InChI=1S/C14H16O2/c1-2-11-10-14(16-13(11)8-9-15)12-6-4-3-5-7-12/h3-7,13-15H,1,8-10H2. The van der Waals surface area contributed by atoms with E-state index in [2.05, 4.69) is 24.4 Å². The second-order valence-corrected chi connectivity index (χ2v) is 3.94. The molecule has 1 fully saturated rings. The third-order valence-corrected chi connectivity index (χ3v) is 2.91. The quantitative estimate of drug-likeness (QED) is 0.787. The molecule has 0 bridgehead atoms. The Morgan fingerprint density at radius 2 is 2.12 bits per heavy atom. The van der Waals surface area contributed by atoms with Crippen LogP contribution in [-0.2, 0) is 4.74 Å². The first-order chi connectivity index (χ1) is 7.85. The van der Waals surface area contributed by atoms with Gasteiger partial charge < -0.3 is 9.84 Å². The van der Waals surface area contributed by atoms with Crippen LogP contribution in [0, 0.1) is 0 Å². The molecule has 0 amide bonds. The molecule has 1 N–H and O–H groups in total. The molecule has 1 saturated heterocycles. The molecule has 0 aliphatic carbocycles. The van der Waals surface area contributed by atoms with Gasteiger partial charge in [-0.15, -0.1) is 5.73 Å². The molecule has 2 heteroatoms. The summed E-state index contributed by atoms with van der Waals surface area (Å²) in [7, 11) is 0. The van der Waals surface area contributed by atoms with Crippen LogP contribution < -0.4 is 0 Å². The number of ether oxygens (including phenoxy) is 1. The van der Waals surface area contributed by atoms with Crippen LogP contribution in [0.2, 0.25) is 0 Å². The van der Waals surface area contributed by atoms with E-state index in [9.17, 15) is 0 Å². The van der Waals surface area contributed by atoms with E-state index in [1.54, 1.807) is 0 Å². The van der Waals surface area contributed by atoms with Crippen LogP contribution in [0.25, 0.3) is 0 Å². The lowest BCUT2D eigenvalue weighted by atomic mass is 10.0. The van der Waals surface area contributed by atoms with E-state index < -0.39 is 0 Å². The molecule has 1 aliphatic heterocycles. The van der Waals surface area contributed by atoms with Crippen molar-refractivity contribution in [3.63, 3.8) is 0 Å². The maximum Gasteiger partial charge on any atom is 0.0889 e. The van der Waals surface area contributed by atoms with Gasteiger partial charge in [0.15, 0.2) is 0 Å². The van der Waals surface area contributed by atoms with Crippen LogP contribution in [0.15, 0.2) is 48.2 Å². The molecule has 0 aromatic heterocycles. The van der Waals surface area contributed by atoms with Crippen molar-refractivity contribution in [2.75, 3.05) is 6.61 Å². The largest absolute Gasteiger partial charge is 0.396 e. The SMILES string of the molecule is C=C=C1CC(c2ccccc2)OC1CCO. The summed E-state index contributed by atoms with van der Waals surface area (Å²) in [4.78, 5) is 0. The molecule has 84 valence electrons. The van der Waals surface area contributed by atoms with E-state index in [1.165, 1.54) is 5.56 Å². The van der Waals surface area contributed by atoms with E-state index in [0.717, 1.165) is 12.0 Å². The molecule has 1 aromatic rings. The van der Waals surface area contributed by atoms with Crippen LogP contribution >= 0.6 is 0 Å². The molecular formula is C14H16O2. The zero-order chi connectivity index (χ0) is 11.4. The van der Waals surface area contributed by atoms with Gasteiger partial charge in [-0.3, -0.25) is 0 Å². The van der Waals surface area contributed by atoms with Crippen LogP contribution in [0.4, 0.5) is 0 Å². The maximum absolute atomic E-state index is 8.96. The first kappa shape index (κ1) is 11.2. The molecule has 2 atom stereocenters. The minimum atomic E-state index is -0.0206. The monoisotopic (exact) mass is 216 g/mol. The van der Waals surface area contributed by atoms with Crippen molar-refractivity contribution < 1.29 is 9.84 Å². The van der Waals surface area contributed by atoms with Gasteiger partial charge in [-0.2, -0.15) is 0 Å². The van der Waals surface area contributed by atoms with Crippen molar-refractivity contribution in [3.05, 3.63) is 53.8 Å². The lowest BCUT2D eigenvalue weighted by molar-refractivity contribution is 0.0383. The van der Waals surface area contributed by atoms with E-state index in [0.29, 0.717) is 6.42 Å². The van der Waals surface area contributed by atoms with E-state index in [-0.39, 0.29) is 18.8 Å². The van der Waals surface area contributed by atoms with Crippen LogP contribution in [0.3, 0.4) is 0 Å². The molecular weight excluding hydrogens is 200 g/mol. The van der Waals surface area contributed by atoms with E-state index in [4.69, 9.17) is 9.84 Å². The molecule has 2 nitrogen and oxygen atoms in total. The van der Waals surface area contributed by atoms with E-state index >= 15 is 0 Å². The van der Waals surface area contributed by atoms with Crippen molar-refractivity contribution in [3.8, 4) is 0 Å². The Labute approximate surface area is 95.9 Å². The Balaban J connectivity index is 2.14. The zero-order valence-corrected chi connectivity index (χ0v) is 9.23. The fraction of sp³-hybridized carbons (Fsp3) is 0.357. The highest BCUT2D eigenvalue weighted by atomic mass is 16.5. The number of rotatable bonds is 3. The summed E-state index contributed by atoms with van der Waals surface area (Å²) in [5.74, 6) is 0. The van der Waals surface area contributed by atoms with Gasteiger partial charge in [-0.1, -0.05) is 36.9 Å². The summed E-state index contributed by atoms with van der Waals surface area (Å²) in [5, 5.41) is 8.96. The number of aliphatic hydroxyl groups excluding tert-OH is 1. The van der Waals surface area contributed by atoms with Gasteiger partial charge in [0.25, 0.3) is 0 Å². The minimum Gasteiger partial charge on any atom is -0.396 e. The topological polar surface area (TPSA) is 29.5 Å². The fourth-order valence-electron chi connectivity index (χ4n) is 2.07. The molecule has 1 aromatic carbocycles. The normalized spacial score (nSPS) is 24.4. The first-order valence-electron chi connectivity index (χ1n) is 5.55. The molecule has 0 spiro atoms. The van der Waals surface area contributed by atoms with Gasteiger partial charge in [-0.05, 0) is 5.56 Å². The Bertz CT molecular complexity index is 390. The summed E-state index contributed by atoms with van der Waals surface area (Å²) in [6.45, 7) is 3.82. The summed E-state index contributed by atoms with van der Waals surface area (Å²) in [5.41, 5.74) is 5.18. The van der Waals surface area contributed by atoms with Crippen molar-refractivity contribution in [2.24, 2.45) is 0 Å². The van der Waals surface area contributed by atoms with Gasteiger partial charge in [0.05, 0.1) is 12.2 Å². The van der Waals surface area contributed by atoms with Crippen molar-refractivity contribution in [2.45, 2.75) is 25.0 Å². The lowest BCUT2D eigenvalue weighted by Crippen LogP contribution is -2.10. The predicted octanol–water partition coefficient (Wildman–Crippen LogP) is 2.61. The summed E-state index contributed by atoms with van der Waals surface area (Å²) in [6, 6.07) is 10.1. The Morgan fingerprint density at radius 1 is 1.38 bits per heavy atom. The minimum absolute atomic E-state index is 0.0206. The summed E-state index contributed by atoms with van der Waals surface area (Å²) in [6.07, 6.45) is 1.52. The smallest absolute Gasteiger partial charge is 0.0889 e. The highest BCUT2D eigenvalue weighted by Gasteiger charge is 2.30. The van der Waals surface area contributed by atoms with Crippen molar-refractivity contribution in [1.82, 2.24) is 0 Å². The summed E-state index contributed by atoms with van der Waals surface area (Å²) >= 11 is 0. The maximum atomic E-state index is 8.96. The molecule has 2 unspecified atom stereocenters. The third kappa shape index (κ3) is 2.25. The highest BCUT2D eigenvalue weighted by Crippen LogP contribution is 2.36. The summed E-state index contributed by atoms with van der Waals surface area (Å²) < 4.78 is 5.89. The van der Waals surface area contributed by atoms with Crippen LogP contribution in [-0.4, -0.2) is 17.8 Å². The van der Waals surface area contributed by atoms with Gasteiger partial charge >= 0.3 is 0 Å². The average Bonchev–Trinajstić information content (AvgIpc) is 2.74. The average molecular weight is 216 g/mol. The fourth-order valence-corrected chi connectivity index (χ4v) is 2.07. The Kier molecular flexibility index (Phi) is 3.58. The Hall–Kier alpha value is -1.34. The zero-order valence-electron chi connectivity index (χ0n) is 9.23. The first-order valence-corrected chi connectivity index (χ1v) is 5.55. The van der Waals surface area contributed by atoms with E-state index in [1.807, 2.05) is 18.2 Å². The molecule has 16 heavy (non-hydrogen) atoms. The second-order valence-electron chi connectivity index (χ2n) is 3.94. The highest BCUT2D eigenvalue weighted by molar-refractivity contribution is 5.24. The number of hydrogen-bond donors (Lipinski definition) is 1. The second kappa shape index (κ2) is 5.13. The van der Waals surface area contributed by atoms with Crippen molar-refractivity contribution >= 4 is 0 Å². The number of aliphatic hydroxyl groups is 1. The molecule has 0 radical (unpaired) electrons. The Morgan fingerprint density at radius 3 is 2.75 bits per heavy atom. The molecule has 0 saturated carbocycles. The third-order valence-electron chi connectivity index (χ3n) is 2.91. The molecule has 1 heterocycles. The lowest BCUT2D eigenvalue weighted by Gasteiger charge is -2.12. The predicted molar refractivity (Wildman–Crippen MR) is 63.0 cm³/mol. The van der Waals surface area contributed by atoms with Gasteiger partial charge in [0.2, 0.25) is 0 Å².